The summed E-state index contributed by atoms with van der Waals surface area (Å²) in [6.07, 6.45) is 4.94. The quantitative estimate of drug-likeness (QED) is 0.416. The lowest BCUT2D eigenvalue weighted by molar-refractivity contribution is -0.133. The second-order valence-electron chi connectivity index (χ2n) is 8.73. The number of urea groups is 1. The van der Waals surface area contributed by atoms with Crippen LogP contribution >= 0.6 is 11.3 Å². The SMILES string of the molecule is N#Cc1c(NC(=O)CN2C(=O)NC(c3ccccc3)(c3ccccc3)C2=O)sc2c1CCCCC2. The van der Waals surface area contributed by atoms with E-state index in [-0.39, 0.29) is 0 Å². The molecule has 0 radical (unpaired) electrons. The number of hydrogen-bond donors (Lipinski definition) is 2. The lowest BCUT2D eigenvalue weighted by Crippen LogP contribution is -2.45. The zero-order valence-corrected chi connectivity index (χ0v) is 19.9. The molecule has 1 aliphatic heterocycles. The van der Waals surface area contributed by atoms with Gasteiger partial charge in [0.1, 0.15) is 17.6 Å². The van der Waals surface area contributed by atoms with E-state index in [4.69, 9.17) is 0 Å². The summed E-state index contributed by atoms with van der Waals surface area (Å²) in [6.45, 7) is -0.445. The number of rotatable bonds is 5. The molecule has 1 saturated heterocycles. The summed E-state index contributed by atoms with van der Waals surface area (Å²) in [5.41, 5.74) is 1.33. The van der Waals surface area contributed by atoms with Crippen LogP contribution in [0.3, 0.4) is 0 Å². The minimum atomic E-state index is -1.42. The molecular formula is C27H24N4O3S. The second-order valence-corrected chi connectivity index (χ2v) is 9.84. The third-order valence-electron chi connectivity index (χ3n) is 6.61. The minimum Gasteiger partial charge on any atom is -0.315 e. The molecular weight excluding hydrogens is 460 g/mol. The number of imide groups is 1. The number of nitrogens with zero attached hydrogens (tertiary/aromatic N) is 2. The van der Waals surface area contributed by atoms with Crippen LogP contribution in [0.4, 0.5) is 9.80 Å². The van der Waals surface area contributed by atoms with Crippen molar-refractivity contribution in [2.75, 3.05) is 11.9 Å². The summed E-state index contributed by atoms with van der Waals surface area (Å²) in [6, 6.07) is 19.6. The number of carbonyl (C=O) groups excluding carboxylic acids is 3. The third kappa shape index (κ3) is 3.98. The highest BCUT2D eigenvalue weighted by molar-refractivity contribution is 7.16. The average molecular weight is 485 g/mol. The summed E-state index contributed by atoms with van der Waals surface area (Å²) in [5, 5.41) is 15.9. The van der Waals surface area contributed by atoms with Crippen LogP contribution < -0.4 is 10.6 Å². The predicted molar refractivity (Wildman–Crippen MR) is 133 cm³/mol. The maximum absolute atomic E-state index is 13.8. The van der Waals surface area contributed by atoms with Crippen LogP contribution in [0.25, 0.3) is 0 Å². The summed E-state index contributed by atoms with van der Waals surface area (Å²) in [5.74, 6) is -1.03. The minimum absolute atomic E-state index is 0.445. The fourth-order valence-corrected chi connectivity index (χ4v) is 6.17. The van der Waals surface area contributed by atoms with Gasteiger partial charge in [-0.2, -0.15) is 5.26 Å². The van der Waals surface area contributed by atoms with Gasteiger partial charge in [0, 0.05) is 4.88 Å². The van der Waals surface area contributed by atoms with Crippen LogP contribution in [0.1, 0.15) is 46.4 Å². The van der Waals surface area contributed by atoms with Gasteiger partial charge in [-0.3, -0.25) is 14.5 Å². The van der Waals surface area contributed by atoms with Crippen molar-refractivity contribution in [2.24, 2.45) is 0 Å². The Bertz CT molecular complexity index is 1290. The van der Waals surface area contributed by atoms with Gasteiger partial charge >= 0.3 is 6.03 Å². The Morgan fingerprint density at radius 3 is 2.26 bits per heavy atom. The average Bonchev–Trinajstić information content (AvgIpc) is 3.21. The predicted octanol–water partition coefficient (Wildman–Crippen LogP) is 4.32. The van der Waals surface area contributed by atoms with E-state index in [1.54, 1.807) is 48.5 Å². The summed E-state index contributed by atoms with van der Waals surface area (Å²) >= 11 is 1.42. The number of anilines is 1. The first-order chi connectivity index (χ1) is 17.0. The number of amides is 4. The Balaban J connectivity index is 1.42. The molecule has 1 fully saturated rings. The molecule has 0 bridgehead atoms. The molecule has 7 nitrogen and oxygen atoms in total. The molecule has 35 heavy (non-hydrogen) atoms. The summed E-state index contributed by atoms with van der Waals surface area (Å²) < 4.78 is 0. The summed E-state index contributed by atoms with van der Waals surface area (Å²) in [7, 11) is 0. The van der Waals surface area contributed by atoms with E-state index < -0.39 is 29.9 Å². The molecule has 2 N–H and O–H groups in total. The van der Waals surface area contributed by atoms with Gasteiger partial charge < -0.3 is 10.6 Å². The van der Waals surface area contributed by atoms with Crippen LogP contribution in [0.5, 0.6) is 0 Å². The van der Waals surface area contributed by atoms with Crippen molar-refractivity contribution in [3.63, 3.8) is 0 Å². The Morgan fingerprint density at radius 1 is 1.00 bits per heavy atom. The van der Waals surface area contributed by atoms with Crippen molar-refractivity contribution in [3.8, 4) is 6.07 Å². The number of hydrogen-bond acceptors (Lipinski definition) is 5. The molecule has 5 rings (SSSR count). The highest BCUT2D eigenvalue weighted by atomic mass is 32.1. The molecule has 0 spiro atoms. The van der Waals surface area contributed by atoms with Crippen LogP contribution in [0, 0.1) is 11.3 Å². The molecule has 176 valence electrons. The third-order valence-corrected chi connectivity index (χ3v) is 7.81. The van der Waals surface area contributed by atoms with Crippen LogP contribution in [0.2, 0.25) is 0 Å². The topological polar surface area (TPSA) is 102 Å². The van der Waals surface area contributed by atoms with Crippen molar-refractivity contribution in [1.29, 1.82) is 5.26 Å². The zero-order valence-electron chi connectivity index (χ0n) is 19.0. The number of carbonyl (C=O) groups is 3. The molecule has 2 aromatic carbocycles. The zero-order chi connectivity index (χ0) is 24.4. The first-order valence-corrected chi connectivity index (χ1v) is 12.5. The Labute approximate surface area is 207 Å². The van der Waals surface area contributed by atoms with E-state index in [2.05, 4.69) is 16.7 Å². The molecule has 0 unspecified atom stereocenters. The highest BCUT2D eigenvalue weighted by Crippen LogP contribution is 2.38. The van der Waals surface area contributed by atoms with Crippen LogP contribution in [0.15, 0.2) is 60.7 Å². The van der Waals surface area contributed by atoms with E-state index in [1.165, 1.54) is 11.3 Å². The van der Waals surface area contributed by atoms with Gasteiger partial charge in [0.05, 0.1) is 5.56 Å². The molecule has 2 heterocycles. The molecule has 1 aliphatic carbocycles. The number of nitrogens with one attached hydrogen (secondary N) is 2. The van der Waals surface area contributed by atoms with Crippen molar-refractivity contribution in [2.45, 2.75) is 37.6 Å². The van der Waals surface area contributed by atoms with Gasteiger partial charge in [-0.05, 0) is 42.4 Å². The molecule has 1 aromatic heterocycles. The lowest BCUT2D eigenvalue weighted by Gasteiger charge is -2.27. The lowest BCUT2D eigenvalue weighted by atomic mass is 9.82. The van der Waals surface area contributed by atoms with Gasteiger partial charge in [-0.15, -0.1) is 11.3 Å². The Hall–Kier alpha value is -3.96. The van der Waals surface area contributed by atoms with E-state index in [1.807, 2.05) is 12.1 Å². The first kappa shape index (κ1) is 22.8. The van der Waals surface area contributed by atoms with Gasteiger partial charge in [-0.25, -0.2) is 4.79 Å². The molecule has 3 aromatic rings. The van der Waals surface area contributed by atoms with Crippen LogP contribution in [-0.2, 0) is 28.0 Å². The maximum Gasteiger partial charge on any atom is 0.326 e. The smallest absolute Gasteiger partial charge is 0.315 e. The van der Waals surface area contributed by atoms with Gasteiger partial charge in [0.25, 0.3) is 5.91 Å². The molecule has 0 atom stereocenters. The molecule has 8 heteroatoms. The van der Waals surface area contributed by atoms with Crippen molar-refractivity contribution < 1.29 is 14.4 Å². The van der Waals surface area contributed by atoms with Crippen LogP contribution in [-0.4, -0.2) is 29.3 Å². The van der Waals surface area contributed by atoms with E-state index in [9.17, 15) is 19.6 Å². The number of benzene rings is 2. The van der Waals surface area contributed by atoms with E-state index >= 15 is 0 Å². The van der Waals surface area contributed by atoms with Gasteiger partial charge in [0.2, 0.25) is 5.91 Å². The van der Waals surface area contributed by atoms with Gasteiger partial charge in [-0.1, -0.05) is 67.1 Å². The van der Waals surface area contributed by atoms with E-state index in [0.29, 0.717) is 21.7 Å². The van der Waals surface area contributed by atoms with E-state index in [0.717, 1.165) is 47.4 Å². The molecule has 2 aliphatic rings. The standard InChI is InChI=1S/C27H24N4O3S/c28-16-21-20-14-8-3-9-15-22(20)35-24(21)29-23(32)17-31-25(33)27(30-26(31)34,18-10-4-1-5-11-18)19-12-6-2-7-13-19/h1-2,4-7,10-13H,3,8-9,14-15,17H2,(H,29,32)(H,30,34). The monoisotopic (exact) mass is 484 g/mol. The normalized spacial score (nSPS) is 16.7. The Morgan fingerprint density at radius 2 is 1.63 bits per heavy atom. The fraction of sp³-hybridized carbons (Fsp3) is 0.259. The fourth-order valence-electron chi connectivity index (χ4n) is 4.91. The second kappa shape index (κ2) is 9.35. The van der Waals surface area contributed by atoms with Crippen molar-refractivity contribution in [1.82, 2.24) is 10.2 Å². The summed E-state index contributed by atoms with van der Waals surface area (Å²) in [4.78, 5) is 41.9. The van der Waals surface area contributed by atoms with Crippen molar-refractivity contribution in [3.05, 3.63) is 87.8 Å². The number of nitriles is 1. The molecule has 0 saturated carbocycles. The number of thiophene rings is 1. The van der Waals surface area contributed by atoms with Crippen molar-refractivity contribution >= 4 is 34.2 Å². The first-order valence-electron chi connectivity index (χ1n) is 11.6. The molecule has 4 amide bonds. The maximum atomic E-state index is 13.8. The number of fused-ring (bicyclic) bond motifs is 1. The Kier molecular flexibility index (Phi) is 6.10. The van der Waals surface area contributed by atoms with Gasteiger partial charge in [0.15, 0.2) is 5.54 Å². The highest BCUT2D eigenvalue weighted by Gasteiger charge is 2.54. The number of aryl methyl sites for hydroxylation is 1. The largest absolute Gasteiger partial charge is 0.326 e.